The molecule has 0 bridgehead atoms. The highest BCUT2D eigenvalue weighted by Crippen LogP contribution is 2.27. The fraction of sp³-hybridized carbons (Fsp3) is 0.316. The number of pyridine rings is 1. The van der Waals surface area contributed by atoms with Gasteiger partial charge in [-0.05, 0) is 45.0 Å². The van der Waals surface area contributed by atoms with E-state index in [-0.39, 0.29) is 5.56 Å². The number of nitrogens with one attached hydrogen (secondary N) is 2. The van der Waals surface area contributed by atoms with Gasteiger partial charge in [0.1, 0.15) is 11.2 Å². The number of hydrogen-bond acceptors (Lipinski definition) is 4. The van der Waals surface area contributed by atoms with Gasteiger partial charge < -0.3 is 9.30 Å². The average Bonchev–Trinajstić information content (AvgIpc) is 2.87. The topological polar surface area (TPSA) is 94.4 Å². The second kappa shape index (κ2) is 6.46. The molecule has 0 saturated heterocycles. The summed E-state index contributed by atoms with van der Waals surface area (Å²) in [6, 6.07) is 8.45. The van der Waals surface area contributed by atoms with Gasteiger partial charge in [-0.2, -0.15) is 0 Å². The Hall–Kier alpha value is -3.29. The van der Waals surface area contributed by atoms with Crippen LogP contribution in [0.3, 0.4) is 0 Å². The van der Waals surface area contributed by atoms with Gasteiger partial charge in [-0.1, -0.05) is 0 Å². The van der Waals surface area contributed by atoms with E-state index < -0.39 is 17.6 Å². The molecule has 0 atom stereocenters. The first kappa shape index (κ1) is 18.5. The van der Waals surface area contributed by atoms with Gasteiger partial charge in [0.25, 0.3) is 11.5 Å². The highest BCUT2D eigenvalue weighted by molar-refractivity contribution is 6.09. The van der Waals surface area contributed by atoms with Gasteiger partial charge in [-0.3, -0.25) is 19.6 Å². The molecule has 3 rings (SSSR count). The highest BCUT2D eigenvalue weighted by Gasteiger charge is 2.18. The van der Waals surface area contributed by atoms with E-state index in [0.29, 0.717) is 5.56 Å². The number of benzene rings is 1. The fourth-order valence-electron chi connectivity index (χ4n) is 3.03. The van der Waals surface area contributed by atoms with Crippen LogP contribution in [0.1, 0.15) is 31.1 Å². The Bertz CT molecular complexity index is 1120. The van der Waals surface area contributed by atoms with Crippen LogP contribution in [0.5, 0.6) is 0 Å². The lowest BCUT2D eigenvalue weighted by Gasteiger charge is -2.19. The van der Waals surface area contributed by atoms with Gasteiger partial charge in [0.2, 0.25) is 0 Å². The predicted molar refractivity (Wildman–Crippen MR) is 103 cm³/mol. The molecule has 27 heavy (non-hydrogen) atoms. The third kappa shape index (κ3) is 3.51. The molecular weight excluding hydrogens is 348 g/mol. The normalized spacial score (nSPS) is 11.6. The van der Waals surface area contributed by atoms with Crippen molar-refractivity contribution in [2.75, 3.05) is 0 Å². The molecule has 0 fully saturated rings. The molecule has 0 spiro atoms. The van der Waals surface area contributed by atoms with Crippen LogP contribution in [0, 0.1) is 0 Å². The predicted octanol–water partition coefficient (Wildman–Crippen LogP) is 2.20. The molecule has 8 heteroatoms. The largest absolute Gasteiger partial charge is 0.443 e. The zero-order chi connectivity index (χ0) is 19.9. The maximum absolute atomic E-state index is 12.4. The summed E-state index contributed by atoms with van der Waals surface area (Å²) in [6.45, 7) is 5.20. The molecule has 3 aromatic rings. The lowest BCUT2D eigenvalue weighted by Crippen LogP contribution is -2.44. The van der Waals surface area contributed by atoms with Gasteiger partial charge in [-0.15, -0.1) is 0 Å². The second-order valence-electron chi connectivity index (χ2n) is 7.34. The first-order valence-corrected chi connectivity index (χ1v) is 8.46. The lowest BCUT2D eigenvalue weighted by atomic mass is 10.1. The molecule has 0 aliphatic rings. The van der Waals surface area contributed by atoms with Crippen molar-refractivity contribution in [2.24, 2.45) is 14.1 Å². The van der Waals surface area contributed by atoms with Crippen LogP contribution in [-0.4, -0.2) is 26.7 Å². The smallest absolute Gasteiger partial charge is 0.426 e. The van der Waals surface area contributed by atoms with E-state index in [1.165, 1.54) is 6.07 Å². The van der Waals surface area contributed by atoms with E-state index in [1.54, 1.807) is 50.6 Å². The number of nitrogens with zero attached hydrogens (tertiary/aromatic N) is 2. The molecule has 0 unspecified atom stereocenters. The number of amides is 2. The molecule has 1 aromatic carbocycles. The van der Waals surface area contributed by atoms with Crippen molar-refractivity contribution < 1.29 is 14.3 Å². The zero-order valence-electron chi connectivity index (χ0n) is 15.9. The van der Waals surface area contributed by atoms with Gasteiger partial charge in [0.05, 0.1) is 5.52 Å². The molecule has 0 aliphatic heterocycles. The third-order valence-electron chi connectivity index (χ3n) is 4.19. The Morgan fingerprint density at radius 3 is 2.33 bits per heavy atom. The number of carbonyl (C=O) groups excluding carboxylic acids is 2. The maximum Gasteiger partial charge on any atom is 0.426 e. The van der Waals surface area contributed by atoms with Gasteiger partial charge in [0.15, 0.2) is 0 Å². The minimum atomic E-state index is -0.739. The van der Waals surface area contributed by atoms with Crippen LogP contribution in [0.4, 0.5) is 4.79 Å². The number of hydrazine groups is 1. The molecular formula is C19H22N4O4. The van der Waals surface area contributed by atoms with Crippen LogP contribution < -0.4 is 16.4 Å². The summed E-state index contributed by atoms with van der Waals surface area (Å²) in [7, 11) is 3.58. The van der Waals surface area contributed by atoms with Gasteiger partial charge in [-0.25, -0.2) is 10.2 Å². The summed E-state index contributed by atoms with van der Waals surface area (Å²) in [5, 5.41) is 1.71. The Morgan fingerprint density at radius 2 is 1.67 bits per heavy atom. The Morgan fingerprint density at radius 1 is 0.963 bits per heavy atom. The van der Waals surface area contributed by atoms with E-state index in [4.69, 9.17) is 4.74 Å². The fourth-order valence-corrected chi connectivity index (χ4v) is 3.03. The van der Waals surface area contributed by atoms with Gasteiger partial charge >= 0.3 is 6.09 Å². The summed E-state index contributed by atoms with van der Waals surface area (Å²) in [5.74, 6) is -0.468. The summed E-state index contributed by atoms with van der Waals surface area (Å²) in [4.78, 5) is 36.0. The molecule has 142 valence electrons. The second-order valence-corrected chi connectivity index (χ2v) is 7.34. The van der Waals surface area contributed by atoms with Crippen LogP contribution in [0.25, 0.3) is 21.9 Å². The number of hydrogen-bond donors (Lipinski definition) is 2. The quantitative estimate of drug-likeness (QED) is 0.642. The minimum Gasteiger partial charge on any atom is -0.443 e. The van der Waals surface area contributed by atoms with Crippen molar-refractivity contribution in [3.8, 4) is 0 Å². The number of carbonyl (C=O) groups is 2. The van der Waals surface area contributed by atoms with Crippen molar-refractivity contribution in [2.45, 2.75) is 26.4 Å². The maximum atomic E-state index is 12.4. The highest BCUT2D eigenvalue weighted by atomic mass is 16.6. The molecule has 2 heterocycles. The van der Waals surface area contributed by atoms with Crippen LogP contribution >= 0.6 is 0 Å². The van der Waals surface area contributed by atoms with Crippen molar-refractivity contribution in [1.29, 1.82) is 0 Å². The summed E-state index contributed by atoms with van der Waals surface area (Å²) in [5.41, 5.74) is 5.84. The van der Waals surface area contributed by atoms with E-state index in [0.717, 1.165) is 21.9 Å². The number of aromatic nitrogens is 2. The van der Waals surface area contributed by atoms with Crippen molar-refractivity contribution in [1.82, 2.24) is 20.0 Å². The van der Waals surface area contributed by atoms with E-state index >= 15 is 0 Å². The standard InChI is InChI=1S/C19H22N4O4/c1-19(2,3)27-18(26)21-20-16(25)11-6-8-14-13(10-11)12-7-9-15(24)23(5)17(12)22(14)4/h6-10H,1-5H3,(H,20,25)(H,21,26). The molecule has 0 radical (unpaired) electrons. The molecule has 0 aliphatic carbocycles. The van der Waals surface area contributed by atoms with Crippen molar-refractivity contribution in [3.05, 3.63) is 46.2 Å². The monoisotopic (exact) mass is 370 g/mol. The molecule has 8 nitrogen and oxygen atoms in total. The van der Waals surface area contributed by atoms with Crippen LogP contribution in [-0.2, 0) is 18.8 Å². The van der Waals surface area contributed by atoms with Crippen molar-refractivity contribution in [3.63, 3.8) is 0 Å². The first-order valence-electron chi connectivity index (χ1n) is 8.46. The number of aryl methyl sites for hydroxylation is 2. The minimum absolute atomic E-state index is 0.104. The molecule has 2 amide bonds. The summed E-state index contributed by atoms with van der Waals surface area (Å²) >= 11 is 0. The van der Waals surface area contributed by atoms with E-state index in [9.17, 15) is 14.4 Å². The number of ether oxygens (including phenoxy) is 1. The van der Waals surface area contributed by atoms with Crippen LogP contribution in [0.2, 0.25) is 0 Å². The van der Waals surface area contributed by atoms with E-state index in [2.05, 4.69) is 10.9 Å². The lowest BCUT2D eigenvalue weighted by molar-refractivity contribution is 0.0483. The molecule has 2 N–H and O–H groups in total. The summed E-state index contributed by atoms with van der Waals surface area (Å²) in [6.07, 6.45) is -0.739. The number of rotatable bonds is 1. The third-order valence-corrected chi connectivity index (χ3v) is 4.19. The van der Waals surface area contributed by atoms with E-state index in [1.807, 2.05) is 17.7 Å². The Labute approximate surface area is 155 Å². The SMILES string of the molecule is Cn1c(=O)ccc2c3cc(C(=O)NNC(=O)OC(C)(C)C)ccc3n(C)c21. The Kier molecular flexibility index (Phi) is 4.43. The van der Waals surface area contributed by atoms with Crippen LogP contribution in [0.15, 0.2) is 35.1 Å². The Balaban J connectivity index is 1.92. The zero-order valence-corrected chi connectivity index (χ0v) is 15.9. The summed E-state index contributed by atoms with van der Waals surface area (Å²) < 4.78 is 8.56. The number of fused-ring (bicyclic) bond motifs is 3. The van der Waals surface area contributed by atoms with Crippen molar-refractivity contribution >= 4 is 33.9 Å². The first-order chi connectivity index (χ1) is 12.6. The molecule has 0 saturated carbocycles. The van der Waals surface area contributed by atoms with Gasteiger partial charge in [0, 0.05) is 36.5 Å². The molecule has 2 aromatic heterocycles. The average molecular weight is 370 g/mol.